The van der Waals surface area contributed by atoms with Crippen molar-refractivity contribution in [3.8, 4) is 11.5 Å². The Hall–Kier alpha value is -4.08. The van der Waals surface area contributed by atoms with Crippen LogP contribution in [0.15, 0.2) is 78.9 Å². The highest BCUT2D eigenvalue weighted by Gasteiger charge is 2.39. The van der Waals surface area contributed by atoms with Crippen LogP contribution in [-0.4, -0.2) is 87.4 Å². The quantitative estimate of drug-likeness (QED) is 0.193. The van der Waals surface area contributed by atoms with E-state index in [0.29, 0.717) is 43.4 Å². The highest BCUT2D eigenvalue weighted by atomic mass is 16.5. The smallest absolute Gasteiger partial charge is 0.318 e. The highest BCUT2D eigenvalue weighted by molar-refractivity contribution is 5.95. The summed E-state index contributed by atoms with van der Waals surface area (Å²) >= 11 is 0. The Kier molecular flexibility index (Phi) is 12.1. The largest absolute Gasteiger partial charge is 0.493 e. The summed E-state index contributed by atoms with van der Waals surface area (Å²) in [5, 5.41) is 6.92. The molecular weight excluding hydrogens is 592 g/mol. The molecule has 2 N–H and O–H groups in total. The first-order valence-corrected chi connectivity index (χ1v) is 16.9. The molecule has 0 unspecified atom stereocenters. The van der Waals surface area contributed by atoms with Gasteiger partial charge in [0.1, 0.15) is 0 Å². The van der Waals surface area contributed by atoms with Crippen molar-refractivity contribution in [2.45, 2.75) is 51.2 Å². The summed E-state index contributed by atoms with van der Waals surface area (Å²) in [5.41, 5.74) is 2.67. The Balaban J connectivity index is 1.28. The fourth-order valence-electron chi connectivity index (χ4n) is 6.36. The van der Waals surface area contributed by atoms with Crippen molar-refractivity contribution >= 4 is 11.9 Å². The minimum atomic E-state index is -0.240. The molecular formula is C38H50N4O5. The Morgan fingerprint density at radius 3 is 2.06 bits per heavy atom. The molecule has 2 atom stereocenters. The summed E-state index contributed by atoms with van der Waals surface area (Å²) in [6.45, 7) is 8.02. The maximum absolute atomic E-state index is 14.0. The highest BCUT2D eigenvalue weighted by Crippen LogP contribution is 2.33. The number of benzene rings is 3. The topological polar surface area (TPSA) is 92.4 Å². The van der Waals surface area contributed by atoms with Crippen LogP contribution < -0.4 is 20.1 Å². The van der Waals surface area contributed by atoms with E-state index in [-0.39, 0.29) is 41.9 Å². The fourth-order valence-corrected chi connectivity index (χ4v) is 6.36. The maximum Gasteiger partial charge on any atom is 0.318 e. The van der Waals surface area contributed by atoms with Crippen LogP contribution in [0.2, 0.25) is 0 Å². The second kappa shape index (κ2) is 16.7. The van der Waals surface area contributed by atoms with Gasteiger partial charge in [0.2, 0.25) is 0 Å². The number of carbonyl (C=O) groups excluding carboxylic acids is 2. The second-order valence-corrected chi connectivity index (χ2v) is 12.9. The van der Waals surface area contributed by atoms with Crippen molar-refractivity contribution in [1.29, 1.82) is 0 Å². The Labute approximate surface area is 279 Å². The number of hydrogen-bond donors (Lipinski definition) is 2. The average molecular weight is 643 g/mol. The molecule has 1 aliphatic heterocycles. The third-order valence-corrected chi connectivity index (χ3v) is 9.17. The number of hydrogen-bond acceptors (Lipinski definition) is 6. The molecule has 9 heteroatoms. The zero-order chi connectivity index (χ0) is 33.2. The lowest BCUT2D eigenvalue weighted by atomic mass is 9.93. The van der Waals surface area contributed by atoms with Gasteiger partial charge in [0, 0.05) is 64.0 Å². The number of ether oxygens (including phenoxy) is 3. The third-order valence-electron chi connectivity index (χ3n) is 9.17. The number of carbonyl (C=O) groups is 2. The van der Waals surface area contributed by atoms with Crippen LogP contribution in [0.5, 0.6) is 11.5 Å². The van der Waals surface area contributed by atoms with Crippen molar-refractivity contribution in [2.75, 3.05) is 53.6 Å². The molecule has 252 valence electrons. The molecule has 0 aromatic heterocycles. The first-order chi connectivity index (χ1) is 22.9. The van der Waals surface area contributed by atoms with E-state index in [0.717, 1.165) is 43.5 Å². The monoisotopic (exact) mass is 642 g/mol. The molecule has 0 spiro atoms. The molecule has 3 aromatic carbocycles. The molecule has 5 rings (SSSR count). The average Bonchev–Trinajstić information content (AvgIpc) is 3.85. The lowest BCUT2D eigenvalue weighted by molar-refractivity contribution is 0.0652. The minimum Gasteiger partial charge on any atom is -0.493 e. The first kappa shape index (κ1) is 34.3. The van der Waals surface area contributed by atoms with E-state index in [1.54, 1.807) is 32.4 Å². The summed E-state index contributed by atoms with van der Waals surface area (Å²) in [4.78, 5) is 32.0. The van der Waals surface area contributed by atoms with Crippen LogP contribution in [0, 0.1) is 11.8 Å². The van der Waals surface area contributed by atoms with E-state index < -0.39 is 0 Å². The zero-order valence-corrected chi connectivity index (χ0v) is 28.2. The van der Waals surface area contributed by atoms with Crippen molar-refractivity contribution in [3.05, 3.63) is 95.6 Å². The lowest BCUT2D eigenvalue weighted by Gasteiger charge is -2.34. The van der Waals surface area contributed by atoms with Crippen LogP contribution in [0.1, 0.15) is 60.6 Å². The predicted octanol–water partition coefficient (Wildman–Crippen LogP) is 5.76. The van der Waals surface area contributed by atoms with Crippen LogP contribution in [0.3, 0.4) is 0 Å². The van der Waals surface area contributed by atoms with E-state index in [2.05, 4.69) is 48.7 Å². The molecule has 0 radical (unpaired) electrons. The number of methoxy groups -OCH3 is 2. The summed E-state index contributed by atoms with van der Waals surface area (Å²) in [5.74, 6) is 1.53. The SMILES string of the molecule is COCCCOc1cc(C(=O)N(C[C@@H]2CNC[C@H]2CN(C(=O)NC(c2ccccc2)c2ccccc2)C2CC2)C(C)C)ccc1OC. The van der Waals surface area contributed by atoms with Crippen LogP contribution in [0.4, 0.5) is 4.79 Å². The van der Waals surface area contributed by atoms with Crippen molar-refractivity contribution in [3.63, 3.8) is 0 Å². The van der Waals surface area contributed by atoms with Gasteiger partial charge in [-0.05, 0) is 67.9 Å². The molecule has 0 bridgehead atoms. The normalized spacial score (nSPS) is 17.5. The van der Waals surface area contributed by atoms with Crippen LogP contribution in [-0.2, 0) is 4.74 Å². The van der Waals surface area contributed by atoms with E-state index in [4.69, 9.17) is 14.2 Å². The molecule has 1 saturated heterocycles. The van der Waals surface area contributed by atoms with Crippen LogP contribution >= 0.6 is 0 Å². The van der Waals surface area contributed by atoms with Crippen molar-refractivity contribution in [1.82, 2.24) is 20.4 Å². The molecule has 1 heterocycles. The predicted molar refractivity (Wildman–Crippen MR) is 184 cm³/mol. The Morgan fingerprint density at radius 1 is 0.851 bits per heavy atom. The summed E-state index contributed by atoms with van der Waals surface area (Å²) in [6, 6.07) is 25.6. The molecule has 3 aromatic rings. The van der Waals surface area contributed by atoms with Gasteiger partial charge in [0.05, 0.1) is 19.8 Å². The minimum absolute atomic E-state index is 0.00254. The Morgan fingerprint density at radius 2 is 1.49 bits per heavy atom. The van der Waals surface area contributed by atoms with Gasteiger partial charge in [-0.25, -0.2) is 4.79 Å². The van der Waals surface area contributed by atoms with E-state index in [1.165, 1.54) is 0 Å². The van der Waals surface area contributed by atoms with Gasteiger partial charge in [-0.15, -0.1) is 0 Å². The standard InChI is InChI=1S/C38H50N4O5/c1-27(2)41(37(43)30-16-19-34(46-4)35(22-30)47-21-11-20-45-3)25-31-23-39-24-32(31)26-42(33-17-18-33)38(44)40-36(28-12-7-5-8-13-28)29-14-9-6-10-15-29/h5-10,12-16,19,22,27,31-33,36,39H,11,17-18,20-21,23-26H2,1-4H3,(H,40,44)/t31-,32-/m0/s1. The van der Waals surface area contributed by atoms with Gasteiger partial charge >= 0.3 is 6.03 Å². The molecule has 47 heavy (non-hydrogen) atoms. The van der Waals surface area contributed by atoms with Crippen molar-refractivity contribution in [2.24, 2.45) is 11.8 Å². The number of rotatable bonds is 16. The van der Waals surface area contributed by atoms with E-state index in [1.807, 2.05) is 46.2 Å². The molecule has 1 aliphatic carbocycles. The second-order valence-electron chi connectivity index (χ2n) is 12.9. The Bertz CT molecular complexity index is 1390. The number of amides is 3. The fraction of sp³-hybridized carbons (Fsp3) is 0.474. The van der Waals surface area contributed by atoms with E-state index in [9.17, 15) is 9.59 Å². The summed E-state index contributed by atoms with van der Waals surface area (Å²) in [7, 11) is 3.26. The zero-order valence-electron chi connectivity index (χ0n) is 28.2. The summed E-state index contributed by atoms with van der Waals surface area (Å²) in [6.07, 6.45) is 2.77. The van der Waals surface area contributed by atoms with Gasteiger partial charge in [0.25, 0.3) is 5.91 Å². The molecule has 2 fully saturated rings. The first-order valence-electron chi connectivity index (χ1n) is 16.9. The molecule has 2 aliphatic rings. The number of urea groups is 1. The summed E-state index contributed by atoms with van der Waals surface area (Å²) < 4.78 is 16.6. The maximum atomic E-state index is 14.0. The van der Waals surface area contributed by atoms with Gasteiger partial charge in [-0.2, -0.15) is 0 Å². The van der Waals surface area contributed by atoms with Gasteiger partial charge in [0.15, 0.2) is 11.5 Å². The van der Waals surface area contributed by atoms with Crippen molar-refractivity contribution < 1.29 is 23.8 Å². The number of nitrogens with zero attached hydrogens (tertiary/aromatic N) is 2. The number of nitrogens with one attached hydrogen (secondary N) is 2. The molecule has 1 saturated carbocycles. The lowest BCUT2D eigenvalue weighted by Crippen LogP contribution is -2.48. The van der Waals surface area contributed by atoms with Crippen LogP contribution in [0.25, 0.3) is 0 Å². The van der Waals surface area contributed by atoms with Gasteiger partial charge in [-0.1, -0.05) is 60.7 Å². The van der Waals surface area contributed by atoms with E-state index >= 15 is 0 Å². The molecule has 3 amide bonds. The third kappa shape index (κ3) is 9.05. The molecule has 9 nitrogen and oxygen atoms in total. The van der Waals surface area contributed by atoms with Gasteiger partial charge < -0.3 is 34.6 Å². The van der Waals surface area contributed by atoms with Gasteiger partial charge in [-0.3, -0.25) is 4.79 Å².